The second-order valence-corrected chi connectivity index (χ2v) is 7.38. The minimum atomic E-state index is 0.0521. The third-order valence-corrected chi connectivity index (χ3v) is 5.25. The van der Waals surface area contributed by atoms with Crippen molar-refractivity contribution in [3.05, 3.63) is 100 Å². The van der Waals surface area contributed by atoms with Crippen molar-refractivity contribution >= 4 is 11.0 Å². The standard InChI is InChI=1S/C24H25N3O2/c1-19-7-2-3-8-20(19)15-27(13-6-12-26-14-11-25-18-26)16-21-17-29-23-10-5-4-9-22(23)24(21)28/h2-5,7-11,14,17-18H,6,12-13,15-16H2,1H3. The van der Waals surface area contributed by atoms with Gasteiger partial charge in [0.2, 0.25) is 0 Å². The number of imidazole rings is 1. The molecule has 0 aliphatic rings. The lowest BCUT2D eigenvalue weighted by Crippen LogP contribution is -2.28. The van der Waals surface area contributed by atoms with Crippen LogP contribution in [0.3, 0.4) is 0 Å². The third-order valence-electron chi connectivity index (χ3n) is 5.25. The van der Waals surface area contributed by atoms with E-state index in [4.69, 9.17) is 4.42 Å². The van der Waals surface area contributed by atoms with Gasteiger partial charge in [-0.1, -0.05) is 36.4 Å². The van der Waals surface area contributed by atoms with Crippen LogP contribution in [0.4, 0.5) is 0 Å². The van der Waals surface area contributed by atoms with Gasteiger partial charge in [-0.2, -0.15) is 0 Å². The van der Waals surface area contributed by atoms with Gasteiger partial charge in [0.15, 0.2) is 5.43 Å². The molecule has 5 heteroatoms. The summed E-state index contributed by atoms with van der Waals surface area (Å²) in [5, 5.41) is 0.638. The highest BCUT2D eigenvalue weighted by atomic mass is 16.3. The van der Waals surface area contributed by atoms with E-state index >= 15 is 0 Å². The number of hydrogen-bond donors (Lipinski definition) is 0. The van der Waals surface area contributed by atoms with Crippen molar-refractivity contribution < 1.29 is 4.42 Å². The highest BCUT2D eigenvalue weighted by Gasteiger charge is 2.13. The molecule has 0 spiro atoms. The summed E-state index contributed by atoms with van der Waals surface area (Å²) in [6.45, 7) is 5.26. The Hall–Kier alpha value is -3.18. The molecule has 0 unspecified atom stereocenters. The van der Waals surface area contributed by atoms with Crippen molar-refractivity contribution in [2.24, 2.45) is 0 Å². The molecule has 29 heavy (non-hydrogen) atoms. The van der Waals surface area contributed by atoms with Crippen molar-refractivity contribution in [1.82, 2.24) is 14.5 Å². The Kier molecular flexibility index (Phi) is 5.86. The van der Waals surface area contributed by atoms with Crippen molar-refractivity contribution in [2.45, 2.75) is 33.0 Å². The van der Waals surface area contributed by atoms with E-state index in [9.17, 15) is 4.79 Å². The minimum absolute atomic E-state index is 0.0521. The van der Waals surface area contributed by atoms with Crippen LogP contribution in [-0.2, 0) is 19.6 Å². The molecule has 4 rings (SSSR count). The lowest BCUT2D eigenvalue weighted by atomic mass is 10.1. The molecule has 148 valence electrons. The molecule has 0 amide bonds. The van der Waals surface area contributed by atoms with E-state index in [0.29, 0.717) is 23.1 Å². The Morgan fingerprint density at radius 2 is 1.83 bits per heavy atom. The molecule has 0 fully saturated rings. The SMILES string of the molecule is Cc1ccccc1CN(CCCn1ccnc1)Cc1coc2ccccc2c1=O. The summed E-state index contributed by atoms with van der Waals surface area (Å²) in [5.41, 5.74) is 3.92. The molecule has 5 nitrogen and oxygen atoms in total. The second kappa shape index (κ2) is 8.88. The summed E-state index contributed by atoms with van der Waals surface area (Å²) >= 11 is 0. The van der Waals surface area contributed by atoms with Crippen LogP contribution in [0.25, 0.3) is 11.0 Å². The van der Waals surface area contributed by atoms with Crippen LogP contribution in [-0.4, -0.2) is 21.0 Å². The van der Waals surface area contributed by atoms with Crippen LogP contribution in [0, 0.1) is 6.92 Å². The first-order valence-electron chi connectivity index (χ1n) is 9.93. The molecule has 0 radical (unpaired) electrons. The Morgan fingerprint density at radius 3 is 2.66 bits per heavy atom. The highest BCUT2D eigenvalue weighted by molar-refractivity contribution is 5.76. The van der Waals surface area contributed by atoms with E-state index in [1.165, 1.54) is 11.1 Å². The minimum Gasteiger partial charge on any atom is -0.464 e. The smallest absolute Gasteiger partial charge is 0.197 e. The molecule has 0 N–H and O–H groups in total. The first kappa shape index (κ1) is 19.2. The van der Waals surface area contributed by atoms with Gasteiger partial charge in [-0.05, 0) is 36.6 Å². The first-order valence-corrected chi connectivity index (χ1v) is 9.93. The topological polar surface area (TPSA) is 51.3 Å². The third kappa shape index (κ3) is 4.63. The fourth-order valence-electron chi connectivity index (χ4n) is 3.61. The predicted molar refractivity (Wildman–Crippen MR) is 115 cm³/mol. The number of aryl methyl sites for hydroxylation is 2. The fourth-order valence-corrected chi connectivity index (χ4v) is 3.61. The number of hydrogen-bond acceptors (Lipinski definition) is 4. The van der Waals surface area contributed by atoms with E-state index in [1.807, 2.05) is 36.8 Å². The first-order chi connectivity index (χ1) is 14.2. The Bertz CT molecular complexity index is 1130. The van der Waals surface area contributed by atoms with Crippen LogP contribution in [0.2, 0.25) is 0 Å². The van der Waals surface area contributed by atoms with Crippen LogP contribution in [0.1, 0.15) is 23.1 Å². The zero-order valence-corrected chi connectivity index (χ0v) is 16.6. The lowest BCUT2D eigenvalue weighted by Gasteiger charge is -2.23. The molecule has 0 aliphatic heterocycles. The van der Waals surface area contributed by atoms with Gasteiger partial charge in [-0.25, -0.2) is 4.98 Å². The monoisotopic (exact) mass is 387 g/mol. The van der Waals surface area contributed by atoms with Crippen molar-refractivity contribution in [3.63, 3.8) is 0 Å². The number of para-hydroxylation sites is 1. The molecule has 0 bridgehead atoms. The summed E-state index contributed by atoms with van der Waals surface area (Å²) in [4.78, 5) is 19.4. The molecule has 0 saturated carbocycles. The Balaban J connectivity index is 1.55. The van der Waals surface area contributed by atoms with Crippen molar-refractivity contribution in [2.75, 3.05) is 6.54 Å². The van der Waals surface area contributed by atoms with Crippen LogP contribution >= 0.6 is 0 Å². The number of fused-ring (bicyclic) bond motifs is 1. The second-order valence-electron chi connectivity index (χ2n) is 7.38. The van der Waals surface area contributed by atoms with Gasteiger partial charge < -0.3 is 8.98 Å². The summed E-state index contributed by atoms with van der Waals surface area (Å²) in [6.07, 6.45) is 8.20. The maximum atomic E-state index is 12.9. The largest absolute Gasteiger partial charge is 0.464 e. The van der Waals surface area contributed by atoms with Gasteiger partial charge in [0, 0.05) is 44.1 Å². The zero-order valence-electron chi connectivity index (χ0n) is 16.6. The van der Waals surface area contributed by atoms with Gasteiger partial charge >= 0.3 is 0 Å². The molecule has 2 heterocycles. The van der Waals surface area contributed by atoms with Gasteiger partial charge in [-0.3, -0.25) is 9.69 Å². The molecule has 2 aromatic heterocycles. The average molecular weight is 387 g/mol. The number of aromatic nitrogens is 2. The molecule has 2 aromatic carbocycles. The van der Waals surface area contributed by atoms with Crippen LogP contribution < -0.4 is 5.43 Å². The summed E-state index contributed by atoms with van der Waals surface area (Å²) in [6, 6.07) is 15.8. The molecule has 0 aliphatic carbocycles. The van der Waals surface area contributed by atoms with E-state index in [0.717, 1.165) is 26.1 Å². The maximum absolute atomic E-state index is 12.9. The zero-order chi connectivity index (χ0) is 20.1. The van der Waals surface area contributed by atoms with E-state index in [2.05, 4.69) is 45.6 Å². The van der Waals surface area contributed by atoms with Crippen LogP contribution in [0.5, 0.6) is 0 Å². The average Bonchev–Trinajstić information content (AvgIpc) is 3.25. The fraction of sp³-hybridized carbons (Fsp3) is 0.250. The Labute approximate surface area is 170 Å². The summed E-state index contributed by atoms with van der Waals surface area (Å²) < 4.78 is 7.80. The van der Waals surface area contributed by atoms with Gasteiger partial charge in [0.1, 0.15) is 5.58 Å². The van der Waals surface area contributed by atoms with Crippen molar-refractivity contribution in [1.29, 1.82) is 0 Å². The van der Waals surface area contributed by atoms with Crippen LogP contribution in [0.15, 0.2) is 82.7 Å². The highest BCUT2D eigenvalue weighted by Crippen LogP contribution is 2.15. The molecule has 0 saturated heterocycles. The molecule has 0 atom stereocenters. The predicted octanol–water partition coefficient (Wildman–Crippen LogP) is 4.39. The van der Waals surface area contributed by atoms with E-state index in [-0.39, 0.29) is 5.43 Å². The Morgan fingerprint density at radius 1 is 1.03 bits per heavy atom. The number of rotatable bonds is 8. The molecule has 4 aromatic rings. The summed E-state index contributed by atoms with van der Waals surface area (Å²) in [7, 11) is 0. The number of benzene rings is 2. The van der Waals surface area contributed by atoms with E-state index in [1.54, 1.807) is 12.5 Å². The normalized spacial score (nSPS) is 11.4. The summed E-state index contributed by atoms with van der Waals surface area (Å²) in [5.74, 6) is 0. The number of nitrogens with zero attached hydrogens (tertiary/aromatic N) is 3. The molecular weight excluding hydrogens is 362 g/mol. The lowest BCUT2D eigenvalue weighted by molar-refractivity contribution is 0.245. The van der Waals surface area contributed by atoms with Gasteiger partial charge in [-0.15, -0.1) is 0 Å². The van der Waals surface area contributed by atoms with Gasteiger partial charge in [0.25, 0.3) is 0 Å². The van der Waals surface area contributed by atoms with Gasteiger partial charge in [0.05, 0.1) is 18.0 Å². The maximum Gasteiger partial charge on any atom is 0.197 e. The van der Waals surface area contributed by atoms with E-state index < -0.39 is 0 Å². The van der Waals surface area contributed by atoms with Crippen molar-refractivity contribution in [3.8, 4) is 0 Å². The molecular formula is C24H25N3O2. The quantitative estimate of drug-likeness (QED) is 0.450.